The molecule has 2 heterocycles. The van der Waals surface area contributed by atoms with Gasteiger partial charge in [0.2, 0.25) is 0 Å². The lowest BCUT2D eigenvalue weighted by Gasteiger charge is -2.01. The van der Waals surface area contributed by atoms with Crippen molar-refractivity contribution in [2.24, 2.45) is 7.05 Å². The minimum absolute atomic E-state index is 0.461. The van der Waals surface area contributed by atoms with Crippen LogP contribution in [0.15, 0.2) is 24.7 Å². The Morgan fingerprint density at radius 3 is 2.86 bits per heavy atom. The maximum Gasteiger partial charge on any atom is 0.131 e. The summed E-state index contributed by atoms with van der Waals surface area (Å²) >= 11 is 5.83. The van der Waals surface area contributed by atoms with Crippen molar-refractivity contribution in [3.05, 3.63) is 29.7 Å². The van der Waals surface area contributed by atoms with Crippen molar-refractivity contribution in [2.45, 2.75) is 0 Å². The molecule has 0 saturated carbocycles. The molecule has 0 radical (unpaired) electrons. The number of halogens is 1. The molecule has 0 atom stereocenters. The molecule has 0 amide bonds. The largest absolute Gasteiger partial charge is 0.383 e. The molecule has 2 N–H and O–H groups in total. The van der Waals surface area contributed by atoms with Crippen LogP contribution in [0.5, 0.6) is 0 Å². The quantitative estimate of drug-likeness (QED) is 0.777. The number of nitrogen functional groups attached to an aromatic ring is 1. The number of aryl methyl sites for hydroxylation is 1. The summed E-state index contributed by atoms with van der Waals surface area (Å²) in [5.74, 6) is 0.461. The second-order valence-corrected chi connectivity index (χ2v) is 3.43. The van der Waals surface area contributed by atoms with Crippen LogP contribution in [0.4, 0.5) is 5.82 Å². The zero-order valence-electron chi connectivity index (χ0n) is 7.61. The molecule has 2 rings (SSSR count). The van der Waals surface area contributed by atoms with Crippen molar-refractivity contribution in [1.82, 2.24) is 14.8 Å². The normalized spacial score (nSPS) is 10.4. The maximum absolute atomic E-state index is 5.83. The molecule has 5 heteroatoms. The van der Waals surface area contributed by atoms with Crippen molar-refractivity contribution in [1.29, 1.82) is 0 Å². The number of nitrogens with zero attached hydrogens (tertiary/aromatic N) is 3. The standard InChI is InChI=1S/C9H9ClN4/c1-14-5-6(3-13-14)8-2-7(10)4-12-9(8)11/h2-5H,1H3,(H2,11,12). The zero-order chi connectivity index (χ0) is 10.1. The van der Waals surface area contributed by atoms with Gasteiger partial charge < -0.3 is 5.73 Å². The van der Waals surface area contributed by atoms with E-state index in [9.17, 15) is 0 Å². The third-order valence-corrected chi connectivity index (χ3v) is 2.11. The summed E-state index contributed by atoms with van der Waals surface area (Å²) in [5, 5.41) is 4.62. The monoisotopic (exact) mass is 208 g/mol. The van der Waals surface area contributed by atoms with Crippen molar-refractivity contribution < 1.29 is 0 Å². The number of pyridine rings is 1. The van der Waals surface area contributed by atoms with Gasteiger partial charge in [0.15, 0.2) is 0 Å². The van der Waals surface area contributed by atoms with Gasteiger partial charge in [0, 0.05) is 30.6 Å². The minimum Gasteiger partial charge on any atom is -0.383 e. The molecule has 72 valence electrons. The highest BCUT2D eigenvalue weighted by Gasteiger charge is 2.06. The molecule has 0 unspecified atom stereocenters. The van der Waals surface area contributed by atoms with Gasteiger partial charge in [-0.15, -0.1) is 0 Å². The number of hydrogen-bond acceptors (Lipinski definition) is 3. The average molecular weight is 209 g/mol. The Hall–Kier alpha value is -1.55. The fourth-order valence-corrected chi connectivity index (χ4v) is 1.40. The number of rotatable bonds is 1. The predicted molar refractivity (Wildman–Crippen MR) is 55.9 cm³/mol. The Labute approximate surface area is 86.3 Å². The van der Waals surface area contributed by atoms with Gasteiger partial charge in [-0.25, -0.2) is 4.98 Å². The Kier molecular flexibility index (Phi) is 2.13. The predicted octanol–water partition coefficient (Wildman–Crippen LogP) is 1.72. The molecule has 2 aromatic rings. The Morgan fingerprint density at radius 1 is 1.43 bits per heavy atom. The van der Waals surface area contributed by atoms with Crippen LogP contribution in [-0.2, 0) is 7.05 Å². The maximum atomic E-state index is 5.83. The summed E-state index contributed by atoms with van der Waals surface area (Å²) in [6, 6.07) is 1.78. The second kappa shape index (κ2) is 3.31. The van der Waals surface area contributed by atoms with Gasteiger partial charge >= 0.3 is 0 Å². The summed E-state index contributed by atoms with van der Waals surface area (Å²) in [4.78, 5) is 3.97. The Bertz CT molecular complexity index is 464. The minimum atomic E-state index is 0.461. The molecule has 0 saturated heterocycles. The van der Waals surface area contributed by atoms with E-state index < -0.39 is 0 Å². The van der Waals surface area contributed by atoms with E-state index in [-0.39, 0.29) is 0 Å². The first kappa shape index (κ1) is 9.02. The van der Waals surface area contributed by atoms with Crippen molar-refractivity contribution >= 4 is 17.4 Å². The highest BCUT2D eigenvalue weighted by Crippen LogP contribution is 2.25. The first-order valence-corrected chi connectivity index (χ1v) is 4.44. The molecule has 0 aromatic carbocycles. The second-order valence-electron chi connectivity index (χ2n) is 2.99. The number of anilines is 1. The highest BCUT2D eigenvalue weighted by molar-refractivity contribution is 6.30. The molecule has 0 fully saturated rings. The van der Waals surface area contributed by atoms with Gasteiger partial charge in [0.25, 0.3) is 0 Å². The van der Waals surface area contributed by atoms with Gasteiger partial charge in [0.05, 0.1) is 11.2 Å². The van der Waals surface area contributed by atoms with Crippen LogP contribution in [0.25, 0.3) is 11.1 Å². The van der Waals surface area contributed by atoms with E-state index in [0.29, 0.717) is 10.8 Å². The van der Waals surface area contributed by atoms with E-state index in [4.69, 9.17) is 17.3 Å². The Balaban J connectivity index is 2.55. The third kappa shape index (κ3) is 1.56. The molecule has 4 nitrogen and oxygen atoms in total. The van der Waals surface area contributed by atoms with Crippen LogP contribution in [-0.4, -0.2) is 14.8 Å². The molecule has 14 heavy (non-hydrogen) atoms. The van der Waals surface area contributed by atoms with E-state index >= 15 is 0 Å². The highest BCUT2D eigenvalue weighted by atomic mass is 35.5. The first-order valence-electron chi connectivity index (χ1n) is 4.07. The van der Waals surface area contributed by atoms with Gasteiger partial charge in [0.1, 0.15) is 5.82 Å². The van der Waals surface area contributed by atoms with Gasteiger partial charge in [-0.3, -0.25) is 4.68 Å². The van der Waals surface area contributed by atoms with E-state index in [1.54, 1.807) is 16.9 Å². The molecule has 2 aromatic heterocycles. The van der Waals surface area contributed by atoms with Crippen LogP contribution >= 0.6 is 11.6 Å². The lowest BCUT2D eigenvalue weighted by Crippen LogP contribution is -1.92. The molecule has 0 aliphatic heterocycles. The van der Waals surface area contributed by atoms with Crippen LogP contribution in [0.2, 0.25) is 5.02 Å². The molecule has 0 aliphatic rings. The van der Waals surface area contributed by atoms with Crippen LogP contribution in [0.3, 0.4) is 0 Å². The van der Waals surface area contributed by atoms with Crippen molar-refractivity contribution in [3.63, 3.8) is 0 Å². The lowest BCUT2D eigenvalue weighted by atomic mass is 10.1. The van der Waals surface area contributed by atoms with Crippen LogP contribution in [0.1, 0.15) is 0 Å². The summed E-state index contributed by atoms with van der Waals surface area (Å²) in [6.07, 6.45) is 5.12. The lowest BCUT2D eigenvalue weighted by molar-refractivity contribution is 0.768. The average Bonchev–Trinajstić information content (AvgIpc) is 2.56. The van der Waals surface area contributed by atoms with Crippen LogP contribution < -0.4 is 5.73 Å². The summed E-state index contributed by atoms with van der Waals surface area (Å²) in [5.41, 5.74) is 7.45. The van der Waals surface area contributed by atoms with E-state index in [0.717, 1.165) is 11.1 Å². The van der Waals surface area contributed by atoms with E-state index in [1.165, 1.54) is 6.20 Å². The molecular weight excluding hydrogens is 200 g/mol. The summed E-state index contributed by atoms with van der Waals surface area (Å²) < 4.78 is 1.70. The molecule has 0 spiro atoms. The van der Waals surface area contributed by atoms with Crippen LogP contribution in [0, 0.1) is 0 Å². The van der Waals surface area contributed by atoms with Crippen molar-refractivity contribution in [2.75, 3.05) is 5.73 Å². The summed E-state index contributed by atoms with van der Waals surface area (Å²) in [6.45, 7) is 0. The molecule has 0 bridgehead atoms. The van der Waals surface area contributed by atoms with E-state index in [2.05, 4.69) is 10.1 Å². The van der Waals surface area contributed by atoms with Gasteiger partial charge in [-0.1, -0.05) is 11.6 Å². The molecule has 0 aliphatic carbocycles. The fraction of sp³-hybridized carbons (Fsp3) is 0.111. The fourth-order valence-electron chi connectivity index (χ4n) is 1.24. The van der Waals surface area contributed by atoms with Gasteiger partial charge in [-0.05, 0) is 6.07 Å². The summed E-state index contributed by atoms with van der Waals surface area (Å²) in [7, 11) is 1.84. The van der Waals surface area contributed by atoms with Crippen molar-refractivity contribution in [3.8, 4) is 11.1 Å². The Morgan fingerprint density at radius 2 is 2.21 bits per heavy atom. The van der Waals surface area contributed by atoms with E-state index in [1.807, 2.05) is 13.2 Å². The topological polar surface area (TPSA) is 56.7 Å². The number of aromatic nitrogens is 3. The number of nitrogens with two attached hydrogens (primary N) is 1. The first-order chi connectivity index (χ1) is 6.66. The zero-order valence-corrected chi connectivity index (χ0v) is 8.36. The molecular formula is C9H9ClN4. The SMILES string of the molecule is Cn1cc(-c2cc(Cl)cnc2N)cn1. The third-order valence-electron chi connectivity index (χ3n) is 1.90. The smallest absolute Gasteiger partial charge is 0.131 e. The van der Waals surface area contributed by atoms with Gasteiger partial charge in [-0.2, -0.15) is 5.10 Å². The number of hydrogen-bond donors (Lipinski definition) is 1.